The summed E-state index contributed by atoms with van der Waals surface area (Å²) in [5, 5.41) is 11.9. The van der Waals surface area contributed by atoms with Crippen molar-refractivity contribution in [2.75, 3.05) is 6.61 Å². The van der Waals surface area contributed by atoms with Crippen LogP contribution in [0.3, 0.4) is 0 Å². The zero-order chi connectivity index (χ0) is 12.9. The first kappa shape index (κ1) is 14.0. The van der Waals surface area contributed by atoms with Gasteiger partial charge in [-0.15, -0.1) is 10.2 Å². The molecular weight excluding hydrogens is 220 g/mol. The summed E-state index contributed by atoms with van der Waals surface area (Å²) in [6, 6.07) is -0.0448. The molecule has 1 aromatic heterocycles. The highest BCUT2D eigenvalue weighted by Crippen LogP contribution is 2.21. The smallest absolute Gasteiger partial charge is 0.176 e. The standard InChI is InChI=1S/C10H22N6O/c1-5-10(3,17-6-2)8(12-11)7-9-13-15-16(4)14-9/h8,12H,5-7,11H2,1-4H3. The molecule has 1 rings (SSSR count). The molecule has 0 aromatic carbocycles. The third-order valence-electron chi connectivity index (χ3n) is 3.05. The number of hydrazine groups is 1. The molecule has 3 N–H and O–H groups in total. The Labute approximate surface area is 102 Å². The molecule has 0 amide bonds. The van der Waals surface area contributed by atoms with Gasteiger partial charge in [-0.05, 0) is 25.5 Å². The van der Waals surface area contributed by atoms with E-state index >= 15 is 0 Å². The molecule has 0 aliphatic carbocycles. The van der Waals surface area contributed by atoms with Gasteiger partial charge in [0.15, 0.2) is 5.82 Å². The molecule has 0 saturated carbocycles. The van der Waals surface area contributed by atoms with E-state index in [9.17, 15) is 0 Å². The number of ether oxygens (including phenoxy) is 1. The number of hydrogen-bond acceptors (Lipinski definition) is 6. The van der Waals surface area contributed by atoms with E-state index in [4.69, 9.17) is 10.6 Å². The second-order valence-electron chi connectivity index (χ2n) is 4.22. The van der Waals surface area contributed by atoms with Gasteiger partial charge < -0.3 is 4.74 Å². The summed E-state index contributed by atoms with van der Waals surface area (Å²) in [4.78, 5) is 1.44. The average molecular weight is 242 g/mol. The van der Waals surface area contributed by atoms with E-state index in [0.29, 0.717) is 18.9 Å². The van der Waals surface area contributed by atoms with Gasteiger partial charge in [0.1, 0.15) is 0 Å². The lowest BCUT2D eigenvalue weighted by Gasteiger charge is -2.35. The van der Waals surface area contributed by atoms with Crippen molar-refractivity contribution in [3.63, 3.8) is 0 Å². The van der Waals surface area contributed by atoms with Crippen LogP contribution in [0.15, 0.2) is 0 Å². The minimum atomic E-state index is -0.331. The van der Waals surface area contributed by atoms with Crippen LogP contribution in [0.4, 0.5) is 0 Å². The predicted molar refractivity (Wildman–Crippen MR) is 63.9 cm³/mol. The normalized spacial score (nSPS) is 16.8. The molecule has 0 fully saturated rings. The number of aromatic nitrogens is 4. The fourth-order valence-corrected chi connectivity index (χ4v) is 1.82. The van der Waals surface area contributed by atoms with Gasteiger partial charge in [-0.2, -0.15) is 4.80 Å². The molecule has 17 heavy (non-hydrogen) atoms. The Morgan fingerprint density at radius 3 is 2.65 bits per heavy atom. The lowest BCUT2D eigenvalue weighted by molar-refractivity contribution is -0.0555. The van der Waals surface area contributed by atoms with Crippen LogP contribution in [0.1, 0.15) is 33.0 Å². The van der Waals surface area contributed by atoms with Crippen LogP contribution < -0.4 is 11.3 Å². The average Bonchev–Trinajstić information content (AvgIpc) is 2.72. The highest BCUT2D eigenvalue weighted by atomic mass is 16.5. The monoisotopic (exact) mass is 242 g/mol. The SMILES string of the molecule is CCOC(C)(CC)C(Cc1nnn(C)n1)NN. The number of rotatable bonds is 7. The zero-order valence-corrected chi connectivity index (χ0v) is 11.0. The van der Waals surface area contributed by atoms with Crippen LogP contribution in [-0.2, 0) is 18.2 Å². The van der Waals surface area contributed by atoms with E-state index in [1.807, 2.05) is 13.8 Å². The first-order valence-corrected chi connectivity index (χ1v) is 5.88. The molecule has 7 nitrogen and oxygen atoms in total. The summed E-state index contributed by atoms with van der Waals surface area (Å²) in [6.07, 6.45) is 1.45. The molecule has 0 radical (unpaired) electrons. The molecule has 0 spiro atoms. The van der Waals surface area contributed by atoms with E-state index in [1.54, 1.807) is 7.05 Å². The van der Waals surface area contributed by atoms with Gasteiger partial charge in [0.05, 0.1) is 18.7 Å². The van der Waals surface area contributed by atoms with E-state index in [1.165, 1.54) is 4.80 Å². The maximum Gasteiger partial charge on any atom is 0.176 e. The van der Waals surface area contributed by atoms with E-state index in [-0.39, 0.29) is 11.6 Å². The van der Waals surface area contributed by atoms with Crippen molar-refractivity contribution in [1.29, 1.82) is 0 Å². The van der Waals surface area contributed by atoms with Crippen molar-refractivity contribution in [2.45, 2.75) is 45.3 Å². The first-order valence-electron chi connectivity index (χ1n) is 5.88. The molecule has 98 valence electrons. The van der Waals surface area contributed by atoms with Crippen molar-refractivity contribution in [1.82, 2.24) is 25.6 Å². The van der Waals surface area contributed by atoms with Crippen LogP contribution >= 0.6 is 0 Å². The van der Waals surface area contributed by atoms with Crippen molar-refractivity contribution in [2.24, 2.45) is 12.9 Å². The summed E-state index contributed by atoms with van der Waals surface area (Å²) in [5.41, 5.74) is 2.46. The fraction of sp³-hybridized carbons (Fsp3) is 0.900. The van der Waals surface area contributed by atoms with Gasteiger partial charge in [-0.1, -0.05) is 6.92 Å². The van der Waals surface area contributed by atoms with Crippen LogP contribution in [-0.4, -0.2) is 38.5 Å². The Kier molecular flexibility index (Phi) is 4.98. The van der Waals surface area contributed by atoms with Crippen LogP contribution in [0.5, 0.6) is 0 Å². The van der Waals surface area contributed by atoms with Crippen molar-refractivity contribution in [3.05, 3.63) is 5.82 Å². The van der Waals surface area contributed by atoms with E-state index in [2.05, 4.69) is 27.8 Å². The minimum Gasteiger partial charge on any atom is -0.374 e. The van der Waals surface area contributed by atoms with Gasteiger partial charge in [0, 0.05) is 13.0 Å². The second-order valence-corrected chi connectivity index (χ2v) is 4.22. The maximum absolute atomic E-state index is 5.79. The predicted octanol–water partition coefficient (Wildman–Crippen LogP) is -0.210. The molecule has 0 aliphatic heterocycles. The molecule has 0 aliphatic rings. The second kappa shape index (κ2) is 6.04. The summed E-state index contributed by atoms with van der Waals surface area (Å²) in [6.45, 7) is 6.74. The van der Waals surface area contributed by atoms with Crippen molar-refractivity contribution in [3.8, 4) is 0 Å². The zero-order valence-electron chi connectivity index (χ0n) is 11.0. The minimum absolute atomic E-state index is 0.0448. The van der Waals surface area contributed by atoms with Crippen LogP contribution in [0.2, 0.25) is 0 Å². The maximum atomic E-state index is 5.79. The summed E-state index contributed by atoms with van der Waals surface area (Å²) >= 11 is 0. The number of hydrogen-bond donors (Lipinski definition) is 2. The van der Waals surface area contributed by atoms with Crippen molar-refractivity contribution < 1.29 is 4.74 Å². The molecular formula is C10H22N6O. The Balaban J connectivity index is 2.75. The number of nitrogens with zero attached hydrogens (tertiary/aromatic N) is 4. The quantitative estimate of drug-likeness (QED) is 0.508. The summed E-state index contributed by atoms with van der Waals surface area (Å²) < 4.78 is 5.79. The first-order chi connectivity index (χ1) is 8.05. The molecule has 1 heterocycles. The van der Waals surface area contributed by atoms with Crippen molar-refractivity contribution >= 4 is 0 Å². The number of nitrogens with one attached hydrogen (secondary N) is 1. The number of tetrazole rings is 1. The Morgan fingerprint density at radius 1 is 1.53 bits per heavy atom. The van der Waals surface area contributed by atoms with Crippen LogP contribution in [0.25, 0.3) is 0 Å². The Bertz CT molecular complexity index is 341. The van der Waals surface area contributed by atoms with Crippen LogP contribution in [0, 0.1) is 0 Å². The van der Waals surface area contributed by atoms with Gasteiger partial charge in [0.2, 0.25) is 0 Å². The fourth-order valence-electron chi connectivity index (χ4n) is 1.82. The van der Waals surface area contributed by atoms with E-state index < -0.39 is 0 Å². The highest BCUT2D eigenvalue weighted by Gasteiger charge is 2.33. The molecule has 0 bridgehead atoms. The summed E-state index contributed by atoms with van der Waals surface area (Å²) in [7, 11) is 1.74. The van der Waals surface area contributed by atoms with Gasteiger partial charge in [0.25, 0.3) is 0 Å². The molecule has 2 atom stereocenters. The van der Waals surface area contributed by atoms with Gasteiger partial charge >= 0.3 is 0 Å². The lowest BCUT2D eigenvalue weighted by Crippen LogP contribution is -2.54. The van der Waals surface area contributed by atoms with Gasteiger partial charge in [-0.25, -0.2) is 0 Å². The van der Waals surface area contributed by atoms with Gasteiger partial charge in [-0.3, -0.25) is 11.3 Å². The van der Waals surface area contributed by atoms with E-state index in [0.717, 1.165) is 6.42 Å². The topological polar surface area (TPSA) is 90.9 Å². The third kappa shape index (κ3) is 3.45. The third-order valence-corrected chi connectivity index (χ3v) is 3.05. The number of aryl methyl sites for hydroxylation is 1. The largest absolute Gasteiger partial charge is 0.374 e. The molecule has 0 saturated heterocycles. The Hall–Kier alpha value is -1.05. The number of nitrogens with two attached hydrogens (primary N) is 1. The highest BCUT2D eigenvalue weighted by molar-refractivity contribution is 4.94. The molecule has 2 unspecified atom stereocenters. The summed E-state index contributed by atoms with van der Waals surface area (Å²) in [5.74, 6) is 6.27. The Morgan fingerprint density at radius 2 is 2.24 bits per heavy atom. The molecule has 7 heteroatoms. The lowest BCUT2D eigenvalue weighted by atomic mass is 9.91. The molecule has 1 aromatic rings.